The van der Waals surface area contributed by atoms with Crippen LogP contribution in [0.3, 0.4) is 0 Å². The van der Waals surface area contributed by atoms with Gasteiger partial charge >= 0.3 is 5.97 Å². The third-order valence-corrected chi connectivity index (χ3v) is 6.88. The average Bonchev–Trinajstić information content (AvgIpc) is 2.84. The highest BCUT2D eigenvalue weighted by atomic mass is 16.5. The lowest BCUT2D eigenvalue weighted by Crippen LogP contribution is -2.32. The molecule has 1 atom stereocenters. The largest absolute Gasteiger partial charge is 0.494 e. The molecule has 0 radical (unpaired) electrons. The van der Waals surface area contributed by atoms with Crippen LogP contribution < -0.4 is 9.47 Å². The molecule has 36 heavy (non-hydrogen) atoms. The maximum atomic E-state index is 10.6. The van der Waals surface area contributed by atoms with Gasteiger partial charge in [-0.25, -0.2) is 0 Å². The Morgan fingerprint density at radius 1 is 0.806 bits per heavy atom. The summed E-state index contributed by atoms with van der Waals surface area (Å²) in [5.74, 6) is 0.881. The Kier molecular flexibility index (Phi) is 11.8. The van der Waals surface area contributed by atoms with Crippen molar-refractivity contribution in [1.29, 1.82) is 0 Å². The molecule has 0 aliphatic carbocycles. The summed E-state index contributed by atoms with van der Waals surface area (Å²) in [6.07, 6.45) is 6.34. The predicted octanol–water partition coefficient (Wildman–Crippen LogP) is 7.38. The van der Waals surface area contributed by atoms with Gasteiger partial charge in [-0.05, 0) is 72.9 Å². The van der Waals surface area contributed by atoms with E-state index in [4.69, 9.17) is 14.6 Å². The van der Waals surface area contributed by atoms with Crippen molar-refractivity contribution in [2.75, 3.05) is 13.2 Å². The lowest BCUT2D eigenvalue weighted by atomic mass is 9.68. The molecule has 0 saturated carbocycles. The third-order valence-electron chi connectivity index (χ3n) is 6.88. The molecule has 200 valence electrons. The van der Waals surface area contributed by atoms with Crippen molar-refractivity contribution < 1.29 is 24.5 Å². The molecular weight excluding hydrogens is 452 g/mol. The average molecular weight is 499 g/mol. The number of aliphatic hydroxyl groups is 1. The number of carbonyl (C=O) groups is 1. The Bertz CT molecular complexity index is 890. The monoisotopic (exact) mass is 498 g/mol. The molecular formula is C31H46O5. The lowest BCUT2D eigenvalue weighted by molar-refractivity contribution is -0.137. The van der Waals surface area contributed by atoms with Gasteiger partial charge in [0.05, 0.1) is 12.7 Å². The van der Waals surface area contributed by atoms with Crippen molar-refractivity contribution in [3.63, 3.8) is 0 Å². The zero-order valence-electron chi connectivity index (χ0n) is 22.9. The molecule has 0 aromatic heterocycles. The van der Waals surface area contributed by atoms with E-state index in [1.807, 2.05) is 32.9 Å². The van der Waals surface area contributed by atoms with Crippen LogP contribution >= 0.6 is 0 Å². The number of rotatable bonds is 16. The summed E-state index contributed by atoms with van der Waals surface area (Å²) in [5, 5.41) is 19.0. The van der Waals surface area contributed by atoms with E-state index < -0.39 is 12.1 Å². The molecule has 0 spiro atoms. The molecule has 2 aromatic carbocycles. The van der Waals surface area contributed by atoms with Crippen molar-refractivity contribution in [3.8, 4) is 11.5 Å². The van der Waals surface area contributed by atoms with Crippen LogP contribution in [-0.2, 0) is 10.2 Å². The van der Waals surface area contributed by atoms with Crippen LogP contribution in [-0.4, -0.2) is 35.5 Å². The molecule has 0 bridgehead atoms. The van der Waals surface area contributed by atoms with Gasteiger partial charge < -0.3 is 19.7 Å². The van der Waals surface area contributed by atoms with Gasteiger partial charge in [-0.15, -0.1) is 0 Å². The number of ether oxygens (including phenoxy) is 2. The smallest absolute Gasteiger partial charge is 0.303 e. The summed E-state index contributed by atoms with van der Waals surface area (Å²) in [6.45, 7) is 11.4. The van der Waals surface area contributed by atoms with E-state index in [0.29, 0.717) is 13.0 Å². The topological polar surface area (TPSA) is 76.0 Å². The maximum absolute atomic E-state index is 10.6. The minimum absolute atomic E-state index is 0.0810. The molecule has 2 aromatic rings. The number of carboxylic acid groups (broad SMARTS) is 1. The second-order valence-corrected chi connectivity index (χ2v) is 10.9. The minimum atomic E-state index is -0.740. The first-order valence-corrected chi connectivity index (χ1v) is 13.5. The Hall–Kier alpha value is -2.53. The normalized spacial score (nSPS) is 12.8. The summed E-state index contributed by atoms with van der Waals surface area (Å²) >= 11 is 0. The van der Waals surface area contributed by atoms with Crippen molar-refractivity contribution in [2.45, 2.75) is 97.5 Å². The molecule has 0 heterocycles. The number of benzene rings is 2. The highest BCUT2D eigenvalue weighted by molar-refractivity contribution is 5.66. The summed E-state index contributed by atoms with van der Waals surface area (Å²) in [6, 6.07) is 16.9. The second kappa shape index (κ2) is 14.3. The Labute approximate surface area is 217 Å². The molecule has 1 unspecified atom stereocenters. The first-order chi connectivity index (χ1) is 17.1. The van der Waals surface area contributed by atoms with E-state index in [1.54, 1.807) is 0 Å². The van der Waals surface area contributed by atoms with E-state index in [9.17, 15) is 9.90 Å². The third kappa shape index (κ3) is 8.85. The number of carboxylic acids is 1. The van der Waals surface area contributed by atoms with Gasteiger partial charge in [0.2, 0.25) is 0 Å². The zero-order chi connectivity index (χ0) is 26.6. The molecule has 0 saturated heterocycles. The first-order valence-electron chi connectivity index (χ1n) is 13.5. The Morgan fingerprint density at radius 3 is 1.75 bits per heavy atom. The van der Waals surface area contributed by atoms with Crippen LogP contribution in [0.2, 0.25) is 0 Å². The predicted molar refractivity (Wildman–Crippen MR) is 146 cm³/mol. The molecule has 2 rings (SSSR count). The van der Waals surface area contributed by atoms with Crippen molar-refractivity contribution in [3.05, 3.63) is 59.7 Å². The fourth-order valence-electron chi connectivity index (χ4n) is 4.63. The Morgan fingerprint density at radius 2 is 1.31 bits per heavy atom. The number of unbranched alkanes of at least 4 members (excludes halogenated alkanes) is 2. The van der Waals surface area contributed by atoms with Crippen LogP contribution in [0.4, 0.5) is 0 Å². The van der Waals surface area contributed by atoms with Crippen molar-refractivity contribution in [2.24, 2.45) is 5.41 Å². The molecule has 0 amide bonds. The van der Waals surface area contributed by atoms with Crippen molar-refractivity contribution in [1.82, 2.24) is 0 Å². The van der Waals surface area contributed by atoms with Crippen LogP contribution in [0.15, 0.2) is 48.5 Å². The van der Waals surface area contributed by atoms with E-state index in [1.165, 1.54) is 11.1 Å². The molecule has 2 N–H and O–H groups in total. The maximum Gasteiger partial charge on any atom is 0.303 e. The molecule has 0 fully saturated rings. The van der Waals surface area contributed by atoms with Gasteiger partial charge in [0.25, 0.3) is 0 Å². The summed E-state index contributed by atoms with van der Waals surface area (Å²) in [7, 11) is 0. The fraction of sp³-hybridized carbons (Fsp3) is 0.581. The second-order valence-electron chi connectivity index (χ2n) is 10.9. The number of aliphatic hydroxyl groups excluding tert-OH is 1. The SMILES string of the molecule is CCCC(CCC)(c1ccc(OCCCCCC(=O)O)cc1)c1ccc(OCC(O)C(C)(C)C)cc1. The van der Waals surface area contributed by atoms with Gasteiger partial charge in [-0.1, -0.05) is 71.7 Å². The van der Waals surface area contributed by atoms with Crippen LogP contribution in [0.5, 0.6) is 11.5 Å². The highest BCUT2D eigenvalue weighted by Crippen LogP contribution is 2.42. The van der Waals surface area contributed by atoms with E-state index in [0.717, 1.165) is 50.0 Å². The summed E-state index contributed by atoms with van der Waals surface area (Å²) in [4.78, 5) is 10.6. The number of hydrogen-bond donors (Lipinski definition) is 2. The molecule has 5 nitrogen and oxygen atoms in total. The number of hydrogen-bond acceptors (Lipinski definition) is 4. The highest BCUT2D eigenvalue weighted by Gasteiger charge is 2.32. The van der Waals surface area contributed by atoms with Gasteiger partial charge in [0, 0.05) is 11.8 Å². The lowest BCUT2D eigenvalue weighted by Gasteiger charge is -2.35. The molecule has 0 aliphatic heterocycles. The van der Waals surface area contributed by atoms with Gasteiger partial charge in [0.1, 0.15) is 18.1 Å². The van der Waals surface area contributed by atoms with Crippen LogP contribution in [0, 0.1) is 5.41 Å². The minimum Gasteiger partial charge on any atom is -0.494 e. The standard InChI is InChI=1S/C31H46O5/c1-6-20-31(21-7-2,25-14-18-27(19-15-25)36-23-28(32)30(3,4)5)24-12-16-26(17-13-24)35-22-10-8-9-11-29(33)34/h12-19,28,32H,6-11,20-23H2,1-5H3,(H,33,34). The zero-order valence-corrected chi connectivity index (χ0v) is 22.9. The summed E-state index contributed by atoms with van der Waals surface area (Å²) < 4.78 is 11.8. The van der Waals surface area contributed by atoms with Gasteiger partial charge in [0.15, 0.2) is 0 Å². The van der Waals surface area contributed by atoms with Gasteiger partial charge in [-0.2, -0.15) is 0 Å². The van der Waals surface area contributed by atoms with Crippen molar-refractivity contribution >= 4 is 5.97 Å². The molecule has 5 heteroatoms. The number of aliphatic carboxylic acids is 1. The quantitative estimate of drug-likeness (QED) is 0.236. The van der Waals surface area contributed by atoms with E-state index >= 15 is 0 Å². The van der Waals surface area contributed by atoms with E-state index in [2.05, 4.69) is 50.2 Å². The van der Waals surface area contributed by atoms with Crippen LogP contribution in [0.25, 0.3) is 0 Å². The fourth-order valence-corrected chi connectivity index (χ4v) is 4.63. The first kappa shape index (κ1) is 29.7. The summed E-state index contributed by atoms with van der Waals surface area (Å²) in [5.41, 5.74) is 2.27. The van der Waals surface area contributed by atoms with E-state index in [-0.39, 0.29) is 23.9 Å². The van der Waals surface area contributed by atoms with Crippen LogP contribution in [0.1, 0.15) is 97.1 Å². The Balaban J connectivity index is 2.12. The van der Waals surface area contributed by atoms with Gasteiger partial charge in [-0.3, -0.25) is 4.79 Å². The molecule has 0 aliphatic rings.